The molecule has 0 heterocycles. The van der Waals surface area contributed by atoms with E-state index in [0.29, 0.717) is 12.5 Å². The van der Waals surface area contributed by atoms with Crippen molar-refractivity contribution in [2.45, 2.75) is 25.4 Å². The molecule has 0 spiro atoms. The van der Waals surface area contributed by atoms with E-state index in [1.165, 1.54) is 0 Å². The molecule has 4 nitrogen and oxygen atoms in total. The molecule has 1 rings (SSSR count). The van der Waals surface area contributed by atoms with E-state index in [1.54, 1.807) is 0 Å². The number of rotatable bonds is 8. The second-order valence-electron chi connectivity index (χ2n) is 4.16. The smallest absolute Gasteiger partial charge is 0.256 e. The fourth-order valence-corrected chi connectivity index (χ4v) is 2.51. The molecule has 2 N–H and O–H groups in total. The number of benzene rings is 1. The maximum Gasteiger partial charge on any atom is 0.256 e. The Morgan fingerprint density at radius 2 is 1.76 bits per heavy atom. The van der Waals surface area contributed by atoms with Gasteiger partial charge in [-0.1, -0.05) is 10.9 Å². The number of aliphatic hydroxyl groups excluding tert-OH is 1. The van der Waals surface area contributed by atoms with Crippen molar-refractivity contribution in [3.63, 3.8) is 0 Å². The number of anilines is 1. The van der Waals surface area contributed by atoms with E-state index >= 15 is 0 Å². The molecule has 0 saturated carbocycles. The largest absolute Gasteiger partial charge is 0.379 e. The minimum absolute atomic E-state index is 0.204. The first-order valence-electron chi connectivity index (χ1n) is 6.08. The predicted molar refractivity (Wildman–Crippen MR) is 66.6 cm³/mol. The van der Waals surface area contributed by atoms with Crippen molar-refractivity contribution in [3.05, 3.63) is 29.3 Å². The van der Waals surface area contributed by atoms with Crippen molar-refractivity contribution in [2.24, 2.45) is 0 Å². The number of unbranched alkanes of at least 4 members (excludes halogenated alkanes) is 1. The van der Waals surface area contributed by atoms with Gasteiger partial charge in [-0.15, -0.1) is 0 Å². The number of hydrogen-bond donors (Lipinski definition) is 2. The SMILES string of the molecule is OC(O)O[SiH2]CCCCN(F)c1cc(F)c(F)c(F)c1F. The maximum atomic E-state index is 13.6. The third kappa shape index (κ3) is 5.23. The van der Waals surface area contributed by atoms with Gasteiger partial charge in [0.15, 0.2) is 33.0 Å². The highest BCUT2D eigenvalue weighted by Gasteiger charge is 2.22. The van der Waals surface area contributed by atoms with Crippen LogP contribution in [0, 0.1) is 23.3 Å². The molecule has 0 bridgehead atoms. The van der Waals surface area contributed by atoms with Gasteiger partial charge in [-0.2, -0.15) is 0 Å². The molecule has 0 fully saturated rings. The molecule has 21 heavy (non-hydrogen) atoms. The van der Waals surface area contributed by atoms with Crippen molar-refractivity contribution in [3.8, 4) is 0 Å². The van der Waals surface area contributed by atoms with Crippen LogP contribution in [-0.2, 0) is 4.43 Å². The molecule has 1 aromatic carbocycles. The Hall–Kier alpha value is -1.23. The normalized spacial score (nSPS) is 11.8. The van der Waals surface area contributed by atoms with Gasteiger partial charge < -0.3 is 14.6 Å². The van der Waals surface area contributed by atoms with Crippen LogP contribution in [-0.4, -0.2) is 33.0 Å². The summed E-state index contributed by atoms with van der Waals surface area (Å²) < 4.78 is 69.9. The number of halogens is 5. The molecule has 0 atom stereocenters. The molecule has 0 radical (unpaired) electrons. The molecule has 0 aliphatic rings. The third-order valence-corrected chi connectivity index (χ3v) is 3.93. The van der Waals surface area contributed by atoms with Crippen molar-refractivity contribution >= 4 is 15.5 Å². The molecular formula is C11H14F5NO3Si. The van der Waals surface area contributed by atoms with Gasteiger partial charge in [-0.05, 0) is 12.5 Å². The van der Waals surface area contributed by atoms with Crippen LogP contribution < -0.4 is 5.12 Å². The summed E-state index contributed by atoms with van der Waals surface area (Å²) in [5.74, 6) is -7.53. The summed E-state index contributed by atoms with van der Waals surface area (Å²) in [5.41, 5.74) is -1.01. The topological polar surface area (TPSA) is 52.9 Å². The Balaban J connectivity index is 2.48. The van der Waals surface area contributed by atoms with Crippen LogP contribution in [0.4, 0.5) is 27.7 Å². The molecular weight excluding hydrogens is 317 g/mol. The minimum Gasteiger partial charge on any atom is -0.379 e. The van der Waals surface area contributed by atoms with E-state index in [1.807, 2.05) is 0 Å². The second-order valence-corrected chi connectivity index (χ2v) is 5.61. The Kier molecular flexibility index (Phi) is 7.02. The van der Waals surface area contributed by atoms with Crippen LogP contribution in [0.3, 0.4) is 0 Å². The van der Waals surface area contributed by atoms with Gasteiger partial charge in [0.2, 0.25) is 0 Å². The summed E-state index contributed by atoms with van der Waals surface area (Å²) in [6, 6.07) is 0.758. The summed E-state index contributed by atoms with van der Waals surface area (Å²) in [6.07, 6.45) is 0.668. The fraction of sp³-hybridized carbons (Fsp3) is 0.455. The lowest BCUT2D eigenvalue weighted by molar-refractivity contribution is -0.180. The first-order valence-corrected chi connectivity index (χ1v) is 7.66. The molecule has 1 aromatic rings. The predicted octanol–water partition coefficient (Wildman–Crippen LogP) is 1.50. The second kappa shape index (κ2) is 8.27. The first-order chi connectivity index (χ1) is 9.84. The van der Waals surface area contributed by atoms with E-state index in [-0.39, 0.29) is 24.2 Å². The van der Waals surface area contributed by atoms with Gasteiger partial charge >= 0.3 is 0 Å². The van der Waals surface area contributed by atoms with Gasteiger partial charge in [0.25, 0.3) is 6.48 Å². The van der Waals surface area contributed by atoms with Gasteiger partial charge in [-0.25, -0.2) is 22.7 Å². The summed E-state index contributed by atoms with van der Waals surface area (Å²) >= 11 is 0. The molecule has 0 saturated heterocycles. The van der Waals surface area contributed by atoms with Crippen LogP contribution in [0.25, 0.3) is 0 Å². The molecule has 120 valence electrons. The van der Waals surface area contributed by atoms with Crippen molar-refractivity contribution < 1.29 is 36.7 Å². The van der Waals surface area contributed by atoms with E-state index in [4.69, 9.17) is 10.2 Å². The van der Waals surface area contributed by atoms with Crippen molar-refractivity contribution in [2.75, 3.05) is 11.7 Å². The molecule has 10 heteroatoms. The lowest BCUT2D eigenvalue weighted by atomic mass is 10.2. The van der Waals surface area contributed by atoms with E-state index in [2.05, 4.69) is 4.43 Å². The monoisotopic (exact) mass is 331 g/mol. The highest BCUT2D eigenvalue weighted by molar-refractivity contribution is 6.26. The van der Waals surface area contributed by atoms with Crippen molar-refractivity contribution in [1.29, 1.82) is 0 Å². The zero-order valence-corrected chi connectivity index (χ0v) is 12.2. The summed E-state index contributed by atoms with van der Waals surface area (Å²) in [5, 5.41) is 16.6. The van der Waals surface area contributed by atoms with Crippen LogP contribution in [0.15, 0.2) is 6.07 Å². The average molecular weight is 331 g/mol. The Morgan fingerprint density at radius 3 is 2.38 bits per heavy atom. The van der Waals surface area contributed by atoms with E-state index in [0.717, 1.165) is 0 Å². The number of aliphatic hydroxyl groups is 2. The standard InChI is InChI=1S/C11H14F5NO3Si/c12-6-5-7(9(14)10(15)8(6)13)17(16)3-1-2-4-21-20-11(18)19/h5,11,18-19H,1-4,21H2. The molecule has 0 amide bonds. The molecule has 0 aliphatic carbocycles. The van der Waals surface area contributed by atoms with Crippen LogP contribution >= 0.6 is 0 Å². The average Bonchev–Trinajstić information content (AvgIpc) is 2.43. The van der Waals surface area contributed by atoms with Crippen LogP contribution in [0.5, 0.6) is 0 Å². The third-order valence-electron chi connectivity index (χ3n) is 2.61. The van der Waals surface area contributed by atoms with Crippen molar-refractivity contribution in [1.82, 2.24) is 0 Å². The molecule has 0 aromatic heterocycles. The van der Waals surface area contributed by atoms with Crippen LogP contribution in [0.1, 0.15) is 12.8 Å². The van der Waals surface area contributed by atoms with Gasteiger partial charge in [-0.3, -0.25) is 0 Å². The van der Waals surface area contributed by atoms with Crippen LogP contribution in [0.2, 0.25) is 6.04 Å². The number of nitrogens with zero attached hydrogens (tertiary/aromatic N) is 1. The lowest BCUT2D eigenvalue weighted by Gasteiger charge is -2.15. The number of hydrogen-bond acceptors (Lipinski definition) is 4. The fourth-order valence-electron chi connectivity index (χ4n) is 1.58. The van der Waals surface area contributed by atoms with Gasteiger partial charge in [0.05, 0.1) is 6.54 Å². The van der Waals surface area contributed by atoms with Gasteiger partial charge in [0, 0.05) is 6.07 Å². The zero-order chi connectivity index (χ0) is 16.0. The molecule has 0 unspecified atom stereocenters. The Bertz CT molecular complexity index is 478. The quantitative estimate of drug-likeness (QED) is 0.144. The van der Waals surface area contributed by atoms with E-state index in [9.17, 15) is 22.0 Å². The highest BCUT2D eigenvalue weighted by atomic mass is 28.2. The highest BCUT2D eigenvalue weighted by Crippen LogP contribution is 2.26. The minimum atomic E-state index is -2.06. The summed E-state index contributed by atoms with van der Waals surface area (Å²) in [7, 11) is -1.15. The Labute approximate surface area is 119 Å². The zero-order valence-electron chi connectivity index (χ0n) is 10.8. The van der Waals surface area contributed by atoms with E-state index < -0.39 is 45.2 Å². The first kappa shape index (κ1) is 17.8. The lowest BCUT2D eigenvalue weighted by Crippen LogP contribution is -2.17. The molecule has 0 aliphatic heterocycles. The maximum absolute atomic E-state index is 13.6. The summed E-state index contributed by atoms with van der Waals surface area (Å²) in [6.45, 7) is -2.18. The summed E-state index contributed by atoms with van der Waals surface area (Å²) in [4.78, 5) is 0. The Morgan fingerprint density at radius 1 is 1.10 bits per heavy atom. The van der Waals surface area contributed by atoms with Gasteiger partial charge in [0.1, 0.15) is 5.69 Å².